The highest BCUT2D eigenvalue weighted by Crippen LogP contribution is 2.37. The number of benzene rings is 2. The highest BCUT2D eigenvalue weighted by atomic mass is 16.3. The van der Waals surface area contributed by atoms with Gasteiger partial charge in [0.25, 0.3) is 11.8 Å². The molecule has 0 bridgehead atoms. The molecule has 0 saturated carbocycles. The van der Waals surface area contributed by atoms with Gasteiger partial charge < -0.3 is 10.0 Å². The number of imide groups is 1. The van der Waals surface area contributed by atoms with Crippen LogP contribution in [0.5, 0.6) is 0 Å². The Kier molecular flexibility index (Phi) is 5.48. The van der Waals surface area contributed by atoms with Gasteiger partial charge in [-0.3, -0.25) is 9.59 Å². The molecule has 1 fully saturated rings. The molecule has 2 aromatic rings. The Bertz CT molecular complexity index is 1040. The Hall–Kier alpha value is -2.92. The Labute approximate surface area is 177 Å². The number of hydrogen-bond donors (Lipinski definition) is 1. The average molecular weight is 405 g/mol. The van der Waals surface area contributed by atoms with Crippen molar-refractivity contribution < 1.29 is 14.7 Å². The number of hydrogen-bond acceptors (Lipinski definition) is 4. The molecule has 0 radical (unpaired) electrons. The van der Waals surface area contributed by atoms with Crippen molar-refractivity contribution >= 4 is 23.1 Å². The second-order valence-electron chi connectivity index (χ2n) is 8.39. The van der Waals surface area contributed by atoms with E-state index in [0.29, 0.717) is 30.0 Å². The predicted octanol–water partition coefficient (Wildman–Crippen LogP) is 3.60. The van der Waals surface area contributed by atoms with Crippen LogP contribution in [0.3, 0.4) is 0 Å². The lowest BCUT2D eigenvalue weighted by Gasteiger charge is -2.34. The Morgan fingerprint density at radius 1 is 0.967 bits per heavy atom. The van der Waals surface area contributed by atoms with Gasteiger partial charge in [0.05, 0.1) is 11.3 Å². The van der Waals surface area contributed by atoms with E-state index in [1.54, 1.807) is 0 Å². The summed E-state index contributed by atoms with van der Waals surface area (Å²) in [6.07, 6.45) is 1.82. The van der Waals surface area contributed by atoms with Crippen LogP contribution < -0.4 is 4.90 Å². The molecular formula is C25H28N2O3. The number of aliphatic hydroxyl groups is 1. The first kappa shape index (κ1) is 20.4. The summed E-state index contributed by atoms with van der Waals surface area (Å²) in [5.41, 5.74) is 5.43. The smallest absolute Gasteiger partial charge is 0.282 e. The van der Waals surface area contributed by atoms with E-state index in [1.165, 1.54) is 4.90 Å². The van der Waals surface area contributed by atoms with E-state index in [0.717, 1.165) is 35.1 Å². The summed E-state index contributed by atoms with van der Waals surface area (Å²) < 4.78 is 0. The van der Waals surface area contributed by atoms with E-state index in [-0.39, 0.29) is 24.3 Å². The zero-order valence-electron chi connectivity index (χ0n) is 17.8. The molecule has 30 heavy (non-hydrogen) atoms. The topological polar surface area (TPSA) is 60.9 Å². The fraction of sp³-hybridized carbons (Fsp3) is 0.360. The SMILES string of the molecule is Cc1ccc(C2=C(N3CCCC(CO)C3)C(=O)N(c3ccccc3C)C2=O)cc1C. The van der Waals surface area contributed by atoms with E-state index in [1.807, 2.05) is 68.1 Å². The van der Waals surface area contributed by atoms with Crippen LogP contribution in [0.1, 0.15) is 35.1 Å². The molecule has 2 heterocycles. The molecule has 1 unspecified atom stereocenters. The zero-order valence-corrected chi connectivity index (χ0v) is 17.8. The molecular weight excluding hydrogens is 376 g/mol. The van der Waals surface area contributed by atoms with Gasteiger partial charge in [-0.05, 0) is 67.9 Å². The highest BCUT2D eigenvalue weighted by molar-refractivity contribution is 6.45. The van der Waals surface area contributed by atoms with Gasteiger partial charge >= 0.3 is 0 Å². The monoisotopic (exact) mass is 404 g/mol. The van der Waals surface area contributed by atoms with E-state index in [2.05, 4.69) is 0 Å². The van der Waals surface area contributed by atoms with Crippen molar-refractivity contribution in [3.8, 4) is 0 Å². The first-order valence-corrected chi connectivity index (χ1v) is 10.5. The third-order valence-electron chi connectivity index (χ3n) is 6.30. The Morgan fingerprint density at radius 3 is 2.43 bits per heavy atom. The molecule has 1 saturated heterocycles. The van der Waals surface area contributed by atoms with E-state index < -0.39 is 0 Å². The molecule has 1 N–H and O–H groups in total. The van der Waals surface area contributed by atoms with Crippen LogP contribution in [0.4, 0.5) is 5.69 Å². The maximum atomic E-state index is 13.6. The van der Waals surface area contributed by atoms with Gasteiger partial charge in [-0.1, -0.05) is 36.4 Å². The maximum Gasteiger partial charge on any atom is 0.282 e. The molecule has 0 spiro atoms. The first-order chi connectivity index (χ1) is 14.4. The number of rotatable bonds is 4. The van der Waals surface area contributed by atoms with Crippen LogP contribution in [0.25, 0.3) is 5.57 Å². The fourth-order valence-corrected chi connectivity index (χ4v) is 4.42. The second-order valence-corrected chi connectivity index (χ2v) is 8.39. The van der Waals surface area contributed by atoms with Gasteiger partial charge in [0.15, 0.2) is 0 Å². The number of carbonyl (C=O) groups excluding carboxylic acids is 2. The minimum atomic E-state index is -0.279. The molecule has 4 rings (SSSR count). The zero-order chi connectivity index (χ0) is 21.4. The van der Waals surface area contributed by atoms with Gasteiger partial charge in [0.2, 0.25) is 0 Å². The van der Waals surface area contributed by atoms with E-state index in [9.17, 15) is 14.7 Å². The molecule has 2 aromatic carbocycles. The van der Waals surface area contributed by atoms with Crippen molar-refractivity contribution in [2.45, 2.75) is 33.6 Å². The molecule has 5 heteroatoms. The lowest BCUT2D eigenvalue weighted by molar-refractivity contribution is -0.120. The first-order valence-electron chi connectivity index (χ1n) is 10.5. The summed E-state index contributed by atoms with van der Waals surface area (Å²) in [4.78, 5) is 30.6. The van der Waals surface area contributed by atoms with Crippen LogP contribution in [-0.2, 0) is 9.59 Å². The fourth-order valence-electron chi connectivity index (χ4n) is 4.42. The molecule has 5 nitrogen and oxygen atoms in total. The summed E-state index contributed by atoms with van der Waals surface area (Å²) in [7, 11) is 0. The third kappa shape index (κ3) is 3.43. The van der Waals surface area contributed by atoms with Crippen molar-refractivity contribution in [1.29, 1.82) is 0 Å². The van der Waals surface area contributed by atoms with Crippen molar-refractivity contribution in [2.75, 3.05) is 24.6 Å². The second kappa shape index (κ2) is 8.07. The van der Waals surface area contributed by atoms with Crippen molar-refractivity contribution in [3.05, 3.63) is 70.4 Å². The summed E-state index contributed by atoms with van der Waals surface area (Å²) in [6, 6.07) is 13.4. The van der Waals surface area contributed by atoms with Crippen molar-refractivity contribution in [2.24, 2.45) is 5.92 Å². The molecule has 0 aromatic heterocycles. The van der Waals surface area contributed by atoms with Crippen LogP contribution in [0.15, 0.2) is 48.2 Å². The van der Waals surface area contributed by atoms with Crippen molar-refractivity contribution in [3.63, 3.8) is 0 Å². The van der Waals surface area contributed by atoms with E-state index in [4.69, 9.17) is 0 Å². The summed E-state index contributed by atoms with van der Waals surface area (Å²) in [5.74, 6) is -0.442. The third-order valence-corrected chi connectivity index (χ3v) is 6.30. The summed E-state index contributed by atoms with van der Waals surface area (Å²) in [5, 5.41) is 9.68. The van der Waals surface area contributed by atoms with Gasteiger partial charge in [-0.15, -0.1) is 0 Å². The minimum Gasteiger partial charge on any atom is -0.396 e. The van der Waals surface area contributed by atoms with Crippen LogP contribution >= 0.6 is 0 Å². The molecule has 156 valence electrons. The van der Waals surface area contributed by atoms with Gasteiger partial charge in [0, 0.05) is 19.7 Å². The van der Waals surface area contributed by atoms with Gasteiger partial charge in [-0.2, -0.15) is 0 Å². The van der Waals surface area contributed by atoms with E-state index >= 15 is 0 Å². The molecule has 2 aliphatic heterocycles. The number of piperidine rings is 1. The number of likely N-dealkylation sites (tertiary alicyclic amines) is 1. The normalized spacial score (nSPS) is 19.8. The molecule has 2 amide bonds. The predicted molar refractivity (Wildman–Crippen MR) is 118 cm³/mol. The summed E-state index contributed by atoms with van der Waals surface area (Å²) in [6.45, 7) is 7.34. The molecule has 0 aliphatic carbocycles. The van der Waals surface area contributed by atoms with Crippen LogP contribution in [0.2, 0.25) is 0 Å². The Balaban J connectivity index is 1.85. The highest BCUT2D eigenvalue weighted by Gasteiger charge is 2.43. The van der Waals surface area contributed by atoms with Gasteiger partial charge in [0.1, 0.15) is 5.70 Å². The average Bonchev–Trinajstić information content (AvgIpc) is 3.01. The standard InChI is InChI=1S/C25H28N2O3/c1-16-10-11-20(13-18(16)3)22-23(26-12-6-8-19(14-26)15-28)25(30)27(24(22)29)21-9-5-4-7-17(21)2/h4-5,7,9-11,13,19,28H,6,8,12,14-15H2,1-3H3. The van der Waals surface area contributed by atoms with Gasteiger partial charge in [-0.25, -0.2) is 4.90 Å². The Morgan fingerprint density at radius 2 is 1.73 bits per heavy atom. The molecule has 1 atom stereocenters. The van der Waals surface area contributed by atoms with Crippen LogP contribution in [-0.4, -0.2) is 41.5 Å². The lowest BCUT2D eigenvalue weighted by atomic mass is 9.96. The quantitative estimate of drug-likeness (QED) is 0.791. The largest absolute Gasteiger partial charge is 0.396 e. The number of para-hydroxylation sites is 1. The molecule has 2 aliphatic rings. The van der Waals surface area contributed by atoms with Crippen molar-refractivity contribution in [1.82, 2.24) is 4.90 Å². The minimum absolute atomic E-state index is 0.0897. The number of anilines is 1. The number of carbonyl (C=O) groups is 2. The number of aryl methyl sites for hydroxylation is 3. The number of aliphatic hydroxyl groups excluding tert-OH is 1. The summed E-state index contributed by atoms with van der Waals surface area (Å²) >= 11 is 0. The maximum absolute atomic E-state index is 13.6. The number of nitrogens with zero attached hydrogens (tertiary/aromatic N) is 2. The number of amides is 2. The lowest BCUT2D eigenvalue weighted by Crippen LogP contribution is -2.40. The van der Waals surface area contributed by atoms with Crippen LogP contribution in [0, 0.1) is 26.7 Å².